The van der Waals surface area contributed by atoms with E-state index in [1.54, 1.807) is 12.5 Å². The summed E-state index contributed by atoms with van der Waals surface area (Å²) in [5.41, 5.74) is 7.11. The molecule has 2 aromatic rings. The molecule has 2 unspecified atom stereocenters. The molecule has 10 heteroatoms. The quantitative estimate of drug-likeness (QED) is 0.364. The van der Waals surface area contributed by atoms with E-state index in [1.807, 2.05) is 35.6 Å². The lowest BCUT2D eigenvalue weighted by Crippen LogP contribution is -2.39. The minimum absolute atomic E-state index is 0.0599. The zero-order valence-corrected chi connectivity index (χ0v) is 27.8. The van der Waals surface area contributed by atoms with Crippen molar-refractivity contribution in [2.24, 2.45) is 12.5 Å². The summed E-state index contributed by atoms with van der Waals surface area (Å²) < 4.78 is 13.5. The molecule has 2 atom stereocenters. The highest BCUT2D eigenvalue weighted by molar-refractivity contribution is 6.30. The van der Waals surface area contributed by atoms with Crippen LogP contribution >= 0.6 is 11.6 Å². The van der Waals surface area contributed by atoms with Gasteiger partial charge in [-0.25, -0.2) is 14.6 Å². The summed E-state index contributed by atoms with van der Waals surface area (Å²) in [6.45, 7) is 5.83. The second kappa shape index (κ2) is 11.7. The summed E-state index contributed by atoms with van der Waals surface area (Å²) in [4.78, 5) is 34.8. The number of rotatable bonds is 6. The number of likely N-dealkylation sites (tertiary alicyclic amines) is 1. The molecule has 7 rings (SSSR count). The molecule has 2 aliphatic heterocycles. The molecule has 2 amide bonds. The van der Waals surface area contributed by atoms with E-state index >= 15 is 0 Å². The second-order valence-electron chi connectivity index (χ2n) is 14.1. The van der Waals surface area contributed by atoms with Gasteiger partial charge in [-0.05, 0) is 97.7 Å². The summed E-state index contributed by atoms with van der Waals surface area (Å²) in [6.07, 6.45) is 16.8. The van der Waals surface area contributed by atoms with Crippen LogP contribution < -0.4 is 5.32 Å². The van der Waals surface area contributed by atoms with Crippen LogP contribution in [0, 0.1) is 5.41 Å². The first-order valence-electron chi connectivity index (χ1n) is 16.2. The number of nitrogens with one attached hydrogen (secondary N) is 1. The number of fused-ring (bicyclic) bond motifs is 2. The van der Waals surface area contributed by atoms with Gasteiger partial charge in [-0.3, -0.25) is 0 Å². The Labute approximate surface area is 275 Å². The molecule has 5 aliphatic rings. The van der Waals surface area contributed by atoms with E-state index in [4.69, 9.17) is 21.1 Å². The van der Waals surface area contributed by atoms with Crippen molar-refractivity contribution in [2.75, 3.05) is 26.7 Å². The van der Waals surface area contributed by atoms with Crippen molar-refractivity contribution in [3.8, 4) is 0 Å². The van der Waals surface area contributed by atoms with E-state index in [0.29, 0.717) is 24.7 Å². The number of aryl methyl sites for hydroxylation is 1. The number of allylic oxidation sites excluding steroid dienone is 2. The summed E-state index contributed by atoms with van der Waals surface area (Å²) in [5, 5.41) is 3.80. The predicted octanol–water partition coefficient (Wildman–Crippen LogP) is 7.03. The first kappa shape index (κ1) is 30.7. The fraction of sp³-hybridized carbons (Fsp3) is 0.472. The first-order valence-corrected chi connectivity index (χ1v) is 16.6. The van der Waals surface area contributed by atoms with Gasteiger partial charge in [0.2, 0.25) is 0 Å². The highest BCUT2D eigenvalue weighted by Gasteiger charge is 2.43. The third-order valence-electron chi connectivity index (χ3n) is 10.2. The van der Waals surface area contributed by atoms with Crippen LogP contribution in [0.1, 0.15) is 75.2 Å². The minimum atomic E-state index is -0.549. The Morgan fingerprint density at radius 2 is 1.87 bits per heavy atom. The molecule has 1 aromatic carbocycles. The van der Waals surface area contributed by atoms with Crippen molar-refractivity contribution in [1.82, 2.24) is 24.7 Å². The molecule has 9 nitrogen and oxygen atoms in total. The Bertz CT molecular complexity index is 1690. The van der Waals surface area contributed by atoms with Gasteiger partial charge in [-0.1, -0.05) is 42.3 Å². The lowest BCUT2D eigenvalue weighted by atomic mass is 9.83. The molecule has 1 N–H and O–H groups in total. The molecule has 1 aromatic heterocycles. The number of ether oxygens (including phenoxy) is 2. The SMILES string of the molecule is CN1C=CC=C2C=C(C(NC(=O)OC3(C)CC3)c3cncn3C)c3cc(Cl)ccc3C(=C3CCN(C(=O)OCC4(C)CC4)CC3)C21. The highest BCUT2D eigenvalue weighted by Crippen LogP contribution is 2.47. The zero-order chi connectivity index (χ0) is 32.2. The van der Waals surface area contributed by atoms with Crippen molar-refractivity contribution in [2.45, 2.75) is 70.1 Å². The average Bonchev–Trinajstić information content (AvgIpc) is 3.92. The largest absolute Gasteiger partial charge is 0.449 e. The Kier molecular flexibility index (Phi) is 7.78. The van der Waals surface area contributed by atoms with Crippen LogP contribution in [0.4, 0.5) is 9.59 Å². The van der Waals surface area contributed by atoms with Crippen LogP contribution in [-0.2, 0) is 16.5 Å². The molecule has 46 heavy (non-hydrogen) atoms. The van der Waals surface area contributed by atoms with Crippen molar-refractivity contribution in [3.63, 3.8) is 0 Å². The molecule has 0 radical (unpaired) electrons. The van der Waals surface area contributed by atoms with Gasteiger partial charge in [0.1, 0.15) is 5.60 Å². The fourth-order valence-corrected chi connectivity index (χ4v) is 6.91. The predicted molar refractivity (Wildman–Crippen MR) is 178 cm³/mol. The number of carbonyl (C=O) groups is 2. The van der Waals surface area contributed by atoms with Crippen LogP contribution in [-0.4, -0.2) is 69.9 Å². The monoisotopic (exact) mass is 643 g/mol. The average molecular weight is 644 g/mol. The molecule has 0 bridgehead atoms. The Balaban J connectivity index is 1.28. The summed E-state index contributed by atoms with van der Waals surface area (Å²) in [5.74, 6) is 0. The van der Waals surface area contributed by atoms with Gasteiger partial charge in [0.05, 0.1) is 36.9 Å². The second-order valence-corrected chi connectivity index (χ2v) is 14.5. The topological polar surface area (TPSA) is 88.9 Å². The lowest BCUT2D eigenvalue weighted by Gasteiger charge is -2.36. The number of hydrogen-bond acceptors (Lipinski definition) is 6. The number of aromatic nitrogens is 2. The summed E-state index contributed by atoms with van der Waals surface area (Å²) in [6, 6.07) is 5.43. The van der Waals surface area contributed by atoms with Crippen molar-refractivity contribution in [1.29, 1.82) is 0 Å². The third-order valence-corrected chi connectivity index (χ3v) is 10.4. The van der Waals surface area contributed by atoms with Crippen LogP contribution in [0.25, 0.3) is 11.1 Å². The Morgan fingerprint density at radius 3 is 2.54 bits per heavy atom. The number of hydrogen-bond donors (Lipinski definition) is 1. The number of halogens is 1. The van der Waals surface area contributed by atoms with Gasteiger partial charge in [0, 0.05) is 37.6 Å². The number of nitrogens with zero attached hydrogens (tertiary/aromatic N) is 4. The summed E-state index contributed by atoms with van der Waals surface area (Å²) >= 11 is 6.72. The minimum Gasteiger partial charge on any atom is -0.449 e. The first-order chi connectivity index (χ1) is 22.0. The van der Waals surface area contributed by atoms with Gasteiger partial charge in [0.15, 0.2) is 0 Å². The number of imidazole rings is 1. The van der Waals surface area contributed by atoms with Gasteiger partial charge < -0.3 is 29.2 Å². The molecule has 2 saturated carbocycles. The van der Waals surface area contributed by atoms with E-state index in [0.717, 1.165) is 66.5 Å². The van der Waals surface area contributed by atoms with Gasteiger partial charge >= 0.3 is 12.2 Å². The van der Waals surface area contributed by atoms with E-state index < -0.39 is 17.7 Å². The molecule has 0 spiro atoms. The molecule has 3 heterocycles. The normalized spacial score (nSPS) is 22.9. The van der Waals surface area contributed by atoms with Crippen molar-refractivity contribution < 1.29 is 19.1 Å². The molecular formula is C36H42ClN5O4. The maximum atomic E-state index is 13.4. The molecule has 3 fully saturated rings. The number of likely N-dealkylation sites (N-methyl/N-ethyl adjacent to an activating group) is 1. The van der Waals surface area contributed by atoms with Gasteiger partial charge in [0.25, 0.3) is 0 Å². The van der Waals surface area contributed by atoms with Crippen LogP contribution in [0.3, 0.4) is 0 Å². The fourth-order valence-electron chi connectivity index (χ4n) is 6.74. The number of piperidine rings is 1. The molecular weight excluding hydrogens is 602 g/mol. The van der Waals surface area contributed by atoms with Crippen LogP contribution in [0.2, 0.25) is 5.02 Å². The number of alkyl carbamates (subject to hydrolysis) is 1. The highest BCUT2D eigenvalue weighted by atomic mass is 35.5. The maximum Gasteiger partial charge on any atom is 0.409 e. The smallest absolute Gasteiger partial charge is 0.409 e. The van der Waals surface area contributed by atoms with E-state index in [9.17, 15) is 9.59 Å². The van der Waals surface area contributed by atoms with E-state index in [2.05, 4.69) is 59.7 Å². The summed E-state index contributed by atoms with van der Waals surface area (Å²) in [7, 11) is 4.02. The van der Waals surface area contributed by atoms with Crippen LogP contribution in [0.5, 0.6) is 0 Å². The Hall–Kier alpha value is -3.98. The molecule has 242 valence electrons. The number of amides is 2. The van der Waals surface area contributed by atoms with Crippen molar-refractivity contribution >= 4 is 34.9 Å². The van der Waals surface area contributed by atoms with Gasteiger partial charge in [-0.2, -0.15) is 0 Å². The number of carbonyl (C=O) groups excluding carboxylic acids is 2. The van der Waals surface area contributed by atoms with Crippen LogP contribution in [0.15, 0.2) is 66.3 Å². The van der Waals surface area contributed by atoms with Crippen molar-refractivity contribution in [3.05, 3.63) is 88.1 Å². The third kappa shape index (κ3) is 6.09. The van der Waals surface area contributed by atoms with E-state index in [1.165, 1.54) is 11.1 Å². The molecule has 3 aliphatic carbocycles. The standard InChI is InChI=1S/C36H42ClN5O4/c1-35(11-12-35)21-45-34(44)42-16-9-23(10-17-42)30-26-8-7-25(37)19-27(26)28(18-24-6-5-15-40(3)32(24)30)31(29-20-38-22-41(29)4)39-33(43)46-36(2)13-14-36/h5-8,15,18-20,22,31-32H,9-14,16-17,21H2,1-4H3,(H,39,43). The lowest BCUT2D eigenvalue weighted by molar-refractivity contribution is 0.0834. The zero-order valence-electron chi connectivity index (χ0n) is 27.0. The van der Waals surface area contributed by atoms with E-state index in [-0.39, 0.29) is 17.6 Å². The van der Waals surface area contributed by atoms with Gasteiger partial charge in [-0.15, -0.1) is 0 Å². The Morgan fingerprint density at radius 1 is 1.11 bits per heavy atom. The molecule has 1 saturated heterocycles. The number of benzene rings is 1. The maximum absolute atomic E-state index is 13.4.